The summed E-state index contributed by atoms with van der Waals surface area (Å²) in [6, 6.07) is 21.1. The van der Waals surface area contributed by atoms with Crippen molar-refractivity contribution < 1.29 is 26.8 Å². The number of benzene rings is 4. The van der Waals surface area contributed by atoms with Gasteiger partial charge in [-0.3, -0.25) is 9.59 Å². The van der Waals surface area contributed by atoms with E-state index in [0.717, 1.165) is 36.4 Å². The van der Waals surface area contributed by atoms with Gasteiger partial charge in [-0.05, 0) is 36.4 Å². The van der Waals surface area contributed by atoms with Crippen molar-refractivity contribution in [3.8, 4) is 0 Å². The van der Waals surface area contributed by atoms with E-state index in [4.69, 9.17) is 0 Å². The van der Waals surface area contributed by atoms with Crippen LogP contribution in [0.5, 0.6) is 0 Å². The maximum atomic E-state index is 14.0. The molecule has 0 amide bonds. The summed E-state index contributed by atoms with van der Waals surface area (Å²) in [6.07, 6.45) is 0. The molecule has 164 valence electrons. The molecule has 0 unspecified atom stereocenters. The van der Waals surface area contributed by atoms with Crippen LogP contribution in [0.15, 0.2) is 107 Å². The van der Waals surface area contributed by atoms with Crippen LogP contribution < -0.4 is 0 Å². The predicted octanol–water partition coefficient (Wildman–Crippen LogP) is 5.26. The summed E-state index contributed by atoms with van der Waals surface area (Å²) in [6.45, 7) is 0. The van der Waals surface area contributed by atoms with Gasteiger partial charge in [0, 0.05) is 22.3 Å². The van der Waals surface area contributed by atoms with Crippen LogP contribution >= 0.6 is 0 Å². The van der Waals surface area contributed by atoms with Crippen LogP contribution in [-0.2, 0) is 9.84 Å². The highest BCUT2D eigenvalue weighted by molar-refractivity contribution is 7.91. The number of ketones is 2. The smallest absolute Gasteiger partial charge is 0.208 e. The number of rotatable bonds is 6. The molecule has 0 spiro atoms. The Balaban J connectivity index is 1.91. The first-order valence-corrected chi connectivity index (χ1v) is 11.3. The lowest BCUT2D eigenvalue weighted by atomic mass is 10.0. The van der Waals surface area contributed by atoms with Crippen LogP contribution in [0, 0.1) is 11.6 Å². The third kappa shape index (κ3) is 4.36. The molecule has 0 atom stereocenters. The fourth-order valence-electron chi connectivity index (χ4n) is 3.44. The van der Waals surface area contributed by atoms with Crippen molar-refractivity contribution in [2.75, 3.05) is 0 Å². The highest BCUT2D eigenvalue weighted by atomic mass is 32.2. The molecule has 0 aliphatic heterocycles. The number of carbonyl (C=O) groups is 2. The number of sulfone groups is 1. The molecule has 0 radical (unpaired) electrons. The van der Waals surface area contributed by atoms with Crippen LogP contribution in [0.3, 0.4) is 0 Å². The van der Waals surface area contributed by atoms with Crippen LogP contribution in [0.4, 0.5) is 8.78 Å². The van der Waals surface area contributed by atoms with Gasteiger partial charge in [-0.2, -0.15) is 0 Å². The van der Waals surface area contributed by atoms with Gasteiger partial charge < -0.3 is 0 Å². The molecule has 0 aromatic heterocycles. The summed E-state index contributed by atoms with van der Waals surface area (Å²) in [4.78, 5) is 25.1. The Labute approximate surface area is 189 Å². The highest BCUT2D eigenvalue weighted by Gasteiger charge is 2.30. The molecule has 0 aliphatic carbocycles. The lowest BCUT2D eigenvalue weighted by Gasteiger charge is -2.14. The summed E-state index contributed by atoms with van der Waals surface area (Å²) in [5.74, 6) is -3.00. The third-order valence-electron chi connectivity index (χ3n) is 5.02. The van der Waals surface area contributed by atoms with Crippen LogP contribution in [0.1, 0.15) is 31.8 Å². The molecule has 0 fully saturated rings. The Morgan fingerprint density at radius 2 is 0.909 bits per heavy atom. The second-order valence-electron chi connectivity index (χ2n) is 7.17. The van der Waals surface area contributed by atoms with E-state index < -0.39 is 42.8 Å². The Bertz CT molecular complexity index is 1360. The topological polar surface area (TPSA) is 68.3 Å². The Morgan fingerprint density at radius 1 is 0.545 bits per heavy atom. The maximum absolute atomic E-state index is 14.0. The summed E-state index contributed by atoms with van der Waals surface area (Å²) in [5.41, 5.74) is -0.439. The lowest BCUT2D eigenvalue weighted by molar-refractivity contribution is 0.102. The minimum atomic E-state index is -4.51. The van der Waals surface area contributed by atoms with Crippen LogP contribution in [-0.4, -0.2) is 20.0 Å². The van der Waals surface area contributed by atoms with Gasteiger partial charge in [-0.1, -0.05) is 60.7 Å². The van der Waals surface area contributed by atoms with Crippen LogP contribution in [0.25, 0.3) is 0 Å². The molecule has 4 nitrogen and oxygen atoms in total. The molecule has 0 saturated heterocycles. The standard InChI is InChI=1S/C26H16F2O4S/c27-19-11-13-23(21(15-19)25(29)17-7-3-1-4-8-17)33(31,32)24-14-12-20(28)16-22(24)26(30)18-9-5-2-6-10-18/h1-16H. The monoisotopic (exact) mass is 462 g/mol. The summed E-state index contributed by atoms with van der Waals surface area (Å²) in [5, 5.41) is 0. The molecule has 0 saturated carbocycles. The summed E-state index contributed by atoms with van der Waals surface area (Å²) < 4.78 is 55.3. The number of carbonyl (C=O) groups excluding carboxylic acids is 2. The first-order valence-electron chi connectivity index (χ1n) is 9.83. The largest absolute Gasteiger partial charge is 0.289 e. The Kier molecular flexibility index (Phi) is 5.98. The van der Waals surface area contributed by atoms with E-state index in [1.54, 1.807) is 36.4 Å². The lowest BCUT2D eigenvalue weighted by Crippen LogP contribution is -2.15. The normalized spacial score (nSPS) is 11.2. The van der Waals surface area contributed by atoms with Crippen LogP contribution in [0.2, 0.25) is 0 Å². The van der Waals surface area contributed by atoms with E-state index in [9.17, 15) is 26.8 Å². The van der Waals surface area contributed by atoms with Gasteiger partial charge >= 0.3 is 0 Å². The summed E-state index contributed by atoms with van der Waals surface area (Å²) in [7, 11) is -4.51. The molecule has 0 heterocycles. The van der Waals surface area contributed by atoms with Gasteiger partial charge in [-0.15, -0.1) is 0 Å². The van der Waals surface area contributed by atoms with Crippen molar-refractivity contribution in [1.29, 1.82) is 0 Å². The molecule has 0 N–H and O–H groups in total. The van der Waals surface area contributed by atoms with Gasteiger partial charge in [-0.25, -0.2) is 17.2 Å². The molecular formula is C26H16F2O4S. The Morgan fingerprint density at radius 3 is 1.27 bits per heavy atom. The van der Waals surface area contributed by atoms with Crippen molar-refractivity contribution in [1.82, 2.24) is 0 Å². The first kappa shape index (κ1) is 22.2. The molecule has 7 heteroatoms. The van der Waals surface area contributed by atoms with Crippen molar-refractivity contribution in [2.24, 2.45) is 0 Å². The zero-order chi connectivity index (χ0) is 23.6. The van der Waals surface area contributed by atoms with Gasteiger partial charge in [0.15, 0.2) is 11.6 Å². The number of hydrogen-bond acceptors (Lipinski definition) is 4. The van der Waals surface area contributed by atoms with Gasteiger partial charge in [0.25, 0.3) is 0 Å². The molecule has 33 heavy (non-hydrogen) atoms. The fourth-order valence-corrected chi connectivity index (χ4v) is 5.05. The fraction of sp³-hybridized carbons (Fsp3) is 0. The average Bonchev–Trinajstić information content (AvgIpc) is 2.83. The van der Waals surface area contributed by atoms with E-state index in [1.165, 1.54) is 24.3 Å². The predicted molar refractivity (Wildman–Crippen MR) is 118 cm³/mol. The van der Waals surface area contributed by atoms with E-state index in [2.05, 4.69) is 0 Å². The minimum Gasteiger partial charge on any atom is -0.289 e. The van der Waals surface area contributed by atoms with E-state index in [0.29, 0.717) is 0 Å². The molecule has 4 rings (SSSR count). The molecule has 0 aliphatic rings. The average molecular weight is 462 g/mol. The van der Waals surface area contributed by atoms with Crippen molar-refractivity contribution in [2.45, 2.75) is 9.79 Å². The summed E-state index contributed by atoms with van der Waals surface area (Å²) >= 11 is 0. The van der Waals surface area contributed by atoms with E-state index in [-0.39, 0.29) is 22.3 Å². The number of hydrogen-bond donors (Lipinski definition) is 0. The molecule has 4 aromatic rings. The van der Waals surface area contributed by atoms with Gasteiger partial charge in [0.2, 0.25) is 9.84 Å². The number of halogens is 2. The van der Waals surface area contributed by atoms with Crippen molar-refractivity contribution in [3.63, 3.8) is 0 Å². The quantitative estimate of drug-likeness (QED) is 0.290. The molecule has 4 aromatic carbocycles. The van der Waals surface area contributed by atoms with Gasteiger partial charge in [0.05, 0.1) is 9.79 Å². The SMILES string of the molecule is O=C(c1ccccc1)c1cc(F)ccc1S(=O)(=O)c1ccc(F)cc1C(=O)c1ccccc1. The first-order chi connectivity index (χ1) is 15.8. The highest BCUT2D eigenvalue weighted by Crippen LogP contribution is 2.30. The van der Waals surface area contributed by atoms with Crippen molar-refractivity contribution in [3.05, 3.63) is 131 Å². The van der Waals surface area contributed by atoms with Crippen molar-refractivity contribution >= 4 is 21.4 Å². The van der Waals surface area contributed by atoms with Gasteiger partial charge in [0.1, 0.15) is 11.6 Å². The maximum Gasteiger partial charge on any atom is 0.208 e. The second-order valence-corrected chi connectivity index (χ2v) is 9.06. The Hall–Kier alpha value is -3.97. The zero-order valence-corrected chi connectivity index (χ0v) is 17.9. The third-order valence-corrected chi connectivity index (χ3v) is 6.89. The van der Waals surface area contributed by atoms with E-state index in [1.807, 2.05) is 0 Å². The zero-order valence-electron chi connectivity index (χ0n) is 17.0. The van der Waals surface area contributed by atoms with E-state index >= 15 is 0 Å². The molecule has 0 bridgehead atoms. The second kappa shape index (κ2) is 8.88. The minimum absolute atomic E-state index is 0.166. The molecular weight excluding hydrogens is 446 g/mol.